The van der Waals surface area contributed by atoms with Crippen molar-refractivity contribution in [2.45, 2.75) is 19.8 Å². The van der Waals surface area contributed by atoms with Crippen molar-refractivity contribution >= 4 is 29.8 Å². The first-order valence-electron chi connectivity index (χ1n) is 5.02. The van der Waals surface area contributed by atoms with Crippen molar-refractivity contribution in [2.75, 3.05) is 10.8 Å². The molecule has 0 aromatic heterocycles. The summed E-state index contributed by atoms with van der Waals surface area (Å²) in [5.41, 5.74) is 2.19. The van der Waals surface area contributed by atoms with Crippen molar-refractivity contribution < 1.29 is 8.63 Å². The number of Topliss-reactive ketones (excluding diaryl/α,β-unsaturated/α-hetero) is 1. The van der Waals surface area contributed by atoms with E-state index >= 15 is 0 Å². The van der Waals surface area contributed by atoms with Gasteiger partial charge in [-0.3, -0.25) is 0 Å². The number of hydrogen-bond donors (Lipinski definition) is 1. The van der Waals surface area contributed by atoms with Crippen LogP contribution >= 0.6 is 0 Å². The quantitative estimate of drug-likeness (QED) is 0.664. The van der Waals surface area contributed by atoms with Crippen molar-refractivity contribution in [1.29, 1.82) is 0 Å². The maximum atomic E-state index is 11.6. The molecule has 0 saturated carbocycles. The van der Waals surface area contributed by atoms with Crippen LogP contribution in [0.4, 0.5) is 5.69 Å². The van der Waals surface area contributed by atoms with Gasteiger partial charge in [0.2, 0.25) is 0 Å². The first-order chi connectivity index (χ1) is 7.22. The predicted octanol–water partition coefficient (Wildman–Crippen LogP) is 1.26. The Morgan fingerprint density at radius 3 is 3.07 bits per heavy atom. The zero-order chi connectivity index (χ0) is 10.8. The number of carbonyl (C=O) groups is 1. The standard InChI is InChI=1S/C11H13NO2Se/c1-2-3-10(13)8-4-5-9-11(6-8)15(14)7-12-9/h4-6,12H,2-3,7H2,1H3. The Hall–Kier alpha value is -0.991. The molecule has 1 aliphatic heterocycles. The minimum atomic E-state index is -1.92. The molecule has 1 aromatic carbocycles. The van der Waals surface area contributed by atoms with Gasteiger partial charge in [0.25, 0.3) is 0 Å². The average Bonchev–Trinajstić information content (AvgIpc) is 2.60. The van der Waals surface area contributed by atoms with Gasteiger partial charge in [0.1, 0.15) is 0 Å². The maximum absolute atomic E-state index is 11.6. The third-order valence-electron chi connectivity index (χ3n) is 2.42. The summed E-state index contributed by atoms with van der Waals surface area (Å²) in [7, 11) is 0. The number of benzene rings is 1. The van der Waals surface area contributed by atoms with Gasteiger partial charge in [-0.25, -0.2) is 0 Å². The number of rotatable bonds is 3. The van der Waals surface area contributed by atoms with E-state index in [1.54, 1.807) is 6.07 Å². The predicted molar refractivity (Wildman–Crippen MR) is 60.2 cm³/mol. The molecule has 2 rings (SSSR count). The molecule has 0 spiro atoms. The minimum absolute atomic E-state index is 0.144. The molecular weight excluding hydrogens is 257 g/mol. The van der Waals surface area contributed by atoms with E-state index < -0.39 is 13.8 Å². The Labute approximate surface area is 93.0 Å². The second-order valence-corrected chi connectivity index (χ2v) is 6.53. The molecule has 1 N–H and O–H groups in total. The van der Waals surface area contributed by atoms with Crippen molar-refractivity contribution in [1.82, 2.24) is 0 Å². The molecule has 1 aromatic rings. The molecule has 1 atom stereocenters. The Morgan fingerprint density at radius 2 is 2.33 bits per heavy atom. The van der Waals surface area contributed by atoms with Crippen molar-refractivity contribution in [3.05, 3.63) is 23.8 Å². The fraction of sp³-hybridized carbons (Fsp3) is 0.364. The van der Waals surface area contributed by atoms with Gasteiger partial charge in [-0.2, -0.15) is 0 Å². The summed E-state index contributed by atoms with van der Waals surface area (Å²) in [6.07, 6.45) is 1.42. The Kier molecular flexibility index (Phi) is 2.98. The fourth-order valence-electron chi connectivity index (χ4n) is 1.62. The van der Waals surface area contributed by atoms with E-state index in [0.717, 1.165) is 16.6 Å². The molecule has 0 radical (unpaired) electrons. The molecule has 0 aliphatic carbocycles. The SMILES string of the molecule is CCCC(=O)c1ccc2c(c1)[Se](=O)CN2. The van der Waals surface area contributed by atoms with Crippen molar-refractivity contribution in [2.24, 2.45) is 0 Å². The van der Waals surface area contributed by atoms with Gasteiger partial charge >= 0.3 is 92.7 Å². The fourth-order valence-corrected chi connectivity index (χ4v) is 3.90. The van der Waals surface area contributed by atoms with E-state index in [1.165, 1.54) is 0 Å². The molecule has 80 valence electrons. The van der Waals surface area contributed by atoms with Gasteiger partial charge in [0.05, 0.1) is 0 Å². The first kappa shape index (κ1) is 10.5. The molecule has 0 saturated heterocycles. The molecule has 4 heteroatoms. The molecule has 1 unspecified atom stereocenters. The van der Waals surface area contributed by atoms with Gasteiger partial charge in [0, 0.05) is 0 Å². The molecular formula is C11H13NO2Se. The van der Waals surface area contributed by atoms with Crippen LogP contribution in [0.1, 0.15) is 30.1 Å². The molecule has 1 aliphatic rings. The Morgan fingerprint density at radius 1 is 1.53 bits per heavy atom. The average molecular weight is 270 g/mol. The normalized spacial score (nSPS) is 18.3. The molecule has 3 nitrogen and oxygen atoms in total. The third kappa shape index (κ3) is 2.01. The molecule has 15 heavy (non-hydrogen) atoms. The second kappa shape index (κ2) is 4.25. The van der Waals surface area contributed by atoms with E-state index in [0.29, 0.717) is 17.4 Å². The van der Waals surface area contributed by atoms with Gasteiger partial charge in [-0.1, -0.05) is 0 Å². The zero-order valence-corrected chi connectivity index (χ0v) is 10.3. The van der Waals surface area contributed by atoms with Crippen LogP contribution in [0.2, 0.25) is 0 Å². The molecule has 0 fully saturated rings. The first-order valence-corrected chi connectivity index (χ1v) is 7.78. The summed E-state index contributed by atoms with van der Waals surface area (Å²) in [5, 5.41) is 3.08. The summed E-state index contributed by atoms with van der Waals surface area (Å²) in [6, 6.07) is 5.47. The van der Waals surface area contributed by atoms with Crippen LogP contribution in [-0.4, -0.2) is 25.1 Å². The van der Waals surface area contributed by atoms with Crippen LogP contribution in [0.5, 0.6) is 0 Å². The van der Waals surface area contributed by atoms with Crippen molar-refractivity contribution in [3.63, 3.8) is 0 Å². The third-order valence-corrected chi connectivity index (χ3v) is 5.01. The number of nitrogens with one attached hydrogen (secondary N) is 1. The Balaban J connectivity index is 2.33. The number of anilines is 1. The van der Waals surface area contributed by atoms with E-state index in [-0.39, 0.29) is 5.78 Å². The van der Waals surface area contributed by atoms with Crippen LogP contribution in [0, 0.1) is 0 Å². The second-order valence-electron chi connectivity index (χ2n) is 3.55. The van der Waals surface area contributed by atoms with Gasteiger partial charge in [-0.15, -0.1) is 0 Å². The summed E-state index contributed by atoms with van der Waals surface area (Å²) in [6.45, 7) is 1.98. The van der Waals surface area contributed by atoms with Gasteiger partial charge < -0.3 is 0 Å². The summed E-state index contributed by atoms with van der Waals surface area (Å²) < 4.78 is 12.5. The number of carbonyl (C=O) groups excluding carboxylic acids is 1. The monoisotopic (exact) mass is 271 g/mol. The van der Waals surface area contributed by atoms with E-state index in [9.17, 15) is 8.63 Å². The number of ketones is 1. The van der Waals surface area contributed by atoms with Crippen LogP contribution in [-0.2, 0) is 3.83 Å². The number of fused-ring (bicyclic) bond motifs is 1. The van der Waals surface area contributed by atoms with Crippen LogP contribution in [0.15, 0.2) is 18.2 Å². The molecule has 1 heterocycles. The summed E-state index contributed by atoms with van der Waals surface area (Å²) in [4.78, 5) is 11.6. The van der Waals surface area contributed by atoms with Crippen LogP contribution < -0.4 is 9.78 Å². The number of hydrogen-bond acceptors (Lipinski definition) is 3. The van der Waals surface area contributed by atoms with Gasteiger partial charge in [-0.05, 0) is 0 Å². The Bertz CT molecular complexity index is 429. The molecule has 0 bridgehead atoms. The van der Waals surface area contributed by atoms with E-state index in [4.69, 9.17) is 0 Å². The van der Waals surface area contributed by atoms with Crippen LogP contribution in [0.3, 0.4) is 0 Å². The molecule has 0 amide bonds. The van der Waals surface area contributed by atoms with Crippen molar-refractivity contribution in [3.8, 4) is 0 Å². The van der Waals surface area contributed by atoms with Gasteiger partial charge in [0.15, 0.2) is 0 Å². The van der Waals surface area contributed by atoms with E-state index in [1.807, 2.05) is 19.1 Å². The topological polar surface area (TPSA) is 46.2 Å². The van der Waals surface area contributed by atoms with E-state index in [2.05, 4.69) is 5.32 Å². The summed E-state index contributed by atoms with van der Waals surface area (Å²) >= 11 is -1.92. The zero-order valence-electron chi connectivity index (χ0n) is 8.58. The summed E-state index contributed by atoms with van der Waals surface area (Å²) in [5.74, 6) is 0.144. The van der Waals surface area contributed by atoms with Crippen LogP contribution in [0.25, 0.3) is 0 Å².